The van der Waals surface area contributed by atoms with Gasteiger partial charge in [0.2, 0.25) is 0 Å². The number of halogens is 1. The summed E-state index contributed by atoms with van der Waals surface area (Å²) in [6.07, 6.45) is 4.14. The number of nitrogen functional groups attached to an aromatic ring is 1. The van der Waals surface area contributed by atoms with Crippen LogP contribution in [-0.2, 0) is 0 Å². The zero-order valence-electron chi connectivity index (χ0n) is 12.6. The van der Waals surface area contributed by atoms with Crippen molar-refractivity contribution in [2.45, 2.75) is 0 Å². The van der Waals surface area contributed by atoms with E-state index in [-0.39, 0.29) is 28.3 Å². The third-order valence-corrected chi connectivity index (χ3v) is 3.80. The van der Waals surface area contributed by atoms with Gasteiger partial charge in [-0.05, 0) is 17.7 Å². The fourth-order valence-electron chi connectivity index (χ4n) is 2.45. The Kier molecular flexibility index (Phi) is 4.17. The Morgan fingerprint density at radius 2 is 1.76 bits per heavy atom. The highest BCUT2D eigenvalue weighted by Gasteiger charge is 2.23. The number of hydrogen-bond acceptors (Lipinski definition) is 6. The zero-order chi connectivity index (χ0) is 18.0. The first-order valence-corrected chi connectivity index (χ1v) is 7.37. The van der Waals surface area contributed by atoms with E-state index >= 15 is 0 Å². The normalized spacial score (nSPS) is 10.0. The van der Waals surface area contributed by atoms with Crippen LogP contribution >= 0.6 is 11.6 Å². The maximum atomic E-state index is 12.8. The van der Waals surface area contributed by atoms with Gasteiger partial charge in [0.25, 0.3) is 5.56 Å². The van der Waals surface area contributed by atoms with E-state index < -0.39 is 5.56 Å². The first kappa shape index (κ1) is 16.2. The number of pyridine rings is 1. The molecule has 0 atom stereocenters. The molecule has 1 aromatic carbocycles. The molecule has 25 heavy (non-hydrogen) atoms. The molecule has 8 heteroatoms. The monoisotopic (exact) mass is 348 g/mol. The number of nitrogens with zero attached hydrogens (tertiary/aromatic N) is 5. The number of nitriles is 2. The molecule has 0 bridgehead atoms. The minimum absolute atomic E-state index is 0.00382. The first-order valence-electron chi connectivity index (χ1n) is 6.99. The topological polar surface area (TPSA) is 121 Å². The second kappa shape index (κ2) is 6.44. The molecule has 0 aliphatic heterocycles. The van der Waals surface area contributed by atoms with Gasteiger partial charge in [-0.1, -0.05) is 23.7 Å². The second-order valence-corrected chi connectivity index (χ2v) is 5.38. The molecule has 0 aliphatic carbocycles. The molecule has 2 N–H and O–H groups in total. The fourth-order valence-corrected chi connectivity index (χ4v) is 2.58. The van der Waals surface area contributed by atoms with Crippen molar-refractivity contribution < 1.29 is 0 Å². The van der Waals surface area contributed by atoms with Crippen LogP contribution in [0.1, 0.15) is 11.1 Å². The van der Waals surface area contributed by atoms with Crippen LogP contribution in [0.2, 0.25) is 5.02 Å². The molecular formula is C17H9ClN6O. The lowest BCUT2D eigenvalue weighted by atomic mass is 9.96. The molecule has 120 valence electrons. The molecule has 0 spiro atoms. The summed E-state index contributed by atoms with van der Waals surface area (Å²) in [6, 6.07) is 10.3. The van der Waals surface area contributed by atoms with Gasteiger partial charge in [0.1, 0.15) is 29.1 Å². The van der Waals surface area contributed by atoms with Crippen LogP contribution in [0.15, 0.2) is 47.7 Å². The number of rotatable bonds is 2. The van der Waals surface area contributed by atoms with Crippen molar-refractivity contribution in [2.24, 2.45) is 0 Å². The van der Waals surface area contributed by atoms with Gasteiger partial charge in [0, 0.05) is 23.0 Å². The molecular weight excluding hydrogens is 340 g/mol. The van der Waals surface area contributed by atoms with E-state index in [2.05, 4.69) is 9.97 Å². The zero-order valence-corrected chi connectivity index (χ0v) is 13.4. The van der Waals surface area contributed by atoms with Crippen LogP contribution < -0.4 is 11.3 Å². The molecule has 3 aromatic rings. The number of aromatic nitrogens is 3. The highest BCUT2D eigenvalue weighted by Crippen LogP contribution is 2.30. The molecule has 0 unspecified atom stereocenters. The lowest BCUT2D eigenvalue weighted by molar-refractivity contribution is 0.929. The summed E-state index contributed by atoms with van der Waals surface area (Å²) < 4.78 is 1.00. The van der Waals surface area contributed by atoms with Gasteiger partial charge in [-0.25, -0.2) is 9.55 Å². The number of nitrogens with two attached hydrogens (primary N) is 1. The van der Waals surface area contributed by atoms with Crippen LogP contribution in [-0.4, -0.2) is 14.5 Å². The minimum Gasteiger partial charge on any atom is -0.384 e. The van der Waals surface area contributed by atoms with Crippen molar-refractivity contribution in [3.05, 3.63) is 69.4 Å². The van der Waals surface area contributed by atoms with Gasteiger partial charge in [0.05, 0.1) is 6.20 Å². The summed E-state index contributed by atoms with van der Waals surface area (Å²) >= 11 is 5.88. The Balaban J connectivity index is 2.44. The van der Waals surface area contributed by atoms with Crippen molar-refractivity contribution in [3.8, 4) is 29.1 Å². The van der Waals surface area contributed by atoms with E-state index in [0.717, 1.165) is 4.57 Å². The smallest absolute Gasteiger partial charge is 0.276 e. The maximum absolute atomic E-state index is 12.8. The average molecular weight is 349 g/mol. The Bertz CT molecular complexity index is 1090. The van der Waals surface area contributed by atoms with Crippen LogP contribution in [0.25, 0.3) is 16.9 Å². The van der Waals surface area contributed by atoms with Gasteiger partial charge in [-0.2, -0.15) is 10.5 Å². The molecule has 0 radical (unpaired) electrons. The van der Waals surface area contributed by atoms with E-state index in [1.54, 1.807) is 24.3 Å². The summed E-state index contributed by atoms with van der Waals surface area (Å²) in [4.78, 5) is 20.7. The Labute approximate surface area is 147 Å². The number of hydrogen-bond donors (Lipinski definition) is 1. The van der Waals surface area contributed by atoms with E-state index in [1.165, 1.54) is 18.6 Å². The molecule has 3 rings (SSSR count). The second-order valence-electron chi connectivity index (χ2n) is 4.94. The standard InChI is InChI=1S/C17H9ClN6O/c18-11-3-1-10(2-4-11)15-12(7-19)16(21)24(17(25)13(15)8-20)14-9-22-5-6-23-14/h1-6,9H,21H2. The molecule has 0 aliphatic rings. The van der Waals surface area contributed by atoms with E-state index in [4.69, 9.17) is 17.3 Å². The molecule has 0 fully saturated rings. The van der Waals surface area contributed by atoms with Crippen molar-refractivity contribution in [1.29, 1.82) is 10.5 Å². The van der Waals surface area contributed by atoms with Crippen LogP contribution in [0, 0.1) is 22.7 Å². The third-order valence-electron chi connectivity index (χ3n) is 3.55. The van der Waals surface area contributed by atoms with Crippen molar-refractivity contribution in [2.75, 3.05) is 5.73 Å². The Hall–Kier alpha value is -3.68. The molecule has 2 aromatic heterocycles. The summed E-state index contributed by atoms with van der Waals surface area (Å²) in [6.45, 7) is 0. The van der Waals surface area contributed by atoms with Gasteiger partial charge in [-0.15, -0.1) is 0 Å². The largest absolute Gasteiger partial charge is 0.384 e. The minimum atomic E-state index is -0.676. The van der Waals surface area contributed by atoms with Gasteiger partial charge in [0.15, 0.2) is 5.82 Å². The lowest BCUT2D eigenvalue weighted by Gasteiger charge is -2.14. The third kappa shape index (κ3) is 2.69. The highest BCUT2D eigenvalue weighted by molar-refractivity contribution is 6.30. The van der Waals surface area contributed by atoms with Gasteiger partial charge < -0.3 is 5.73 Å². The predicted molar refractivity (Wildman–Crippen MR) is 91.9 cm³/mol. The molecule has 2 heterocycles. The summed E-state index contributed by atoms with van der Waals surface area (Å²) in [5, 5.41) is 19.6. The number of benzene rings is 1. The van der Waals surface area contributed by atoms with Gasteiger partial charge in [-0.3, -0.25) is 9.78 Å². The summed E-state index contributed by atoms with van der Waals surface area (Å²) in [5.41, 5.74) is 5.84. The van der Waals surface area contributed by atoms with Crippen molar-refractivity contribution in [1.82, 2.24) is 14.5 Å². The van der Waals surface area contributed by atoms with Gasteiger partial charge >= 0.3 is 0 Å². The van der Waals surface area contributed by atoms with E-state index in [0.29, 0.717) is 10.6 Å². The first-order chi connectivity index (χ1) is 12.1. The van der Waals surface area contributed by atoms with Crippen LogP contribution in [0.3, 0.4) is 0 Å². The maximum Gasteiger partial charge on any atom is 0.276 e. The SMILES string of the molecule is N#Cc1c(-c2ccc(Cl)cc2)c(C#N)c(=O)n(-c2cnccn2)c1N. The average Bonchev–Trinajstić information content (AvgIpc) is 2.63. The molecule has 7 nitrogen and oxygen atoms in total. The van der Waals surface area contributed by atoms with Crippen LogP contribution in [0.4, 0.5) is 5.82 Å². The van der Waals surface area contributed by atoms with E-state index in [9.17, 15) is 15.3 Å². The van der Waals surface area contributed by atoms with Crippen molar-refractivity contribution in [3.63, 3.8) is 0 Å². The Morgan fingerprint density at radius 1 is 1.08 bits per heavy atom. The highest BCUT2D eigenvalue weighted by atomic mass is 35.5. The lowest BCUT2D eigenvalue weighted by Crippen LogP contribution is -2.27. The number of anilines is 1. The quantitative estimate of drug-likeness (QED) is 0.758. The molecule has 0 saturated carbocycles. The van der Waals surface area contributed by atoms with Crippen molar-refractivity contribution >= 4 is 17.4 Å². The van der Waals surface area contributed by atoms with E-state index in [1.807, 2.05) is 12.1 Å². The Morgan fingerprint density at radius 3 is 2.32 bits per heavy atom. The fraction of sp³-hybridized carbons (Fsp3) is 0. The molecule has 0 amide bonds. The van der Waals surface area contributed by atoms with Crippen LogP contribution in [0.5, 0.6) is 0 Å². The predicted octanol–water partition coefficient (Wildman–Crippen LogP) is 2.27. The summed E-state index contributed by atoms with van der Waals surface area (Å²) in [5.74, 6) is 0.0117. The molecule has 0 saturated heterocycles. The summed E-state index contributed by atoms with van der Waals surface area (Å²) in [7, 11) is 0.